The molecule has 2 N–H and O–H groups in total. The van der Waals surface area contributed by atoms with Gasteiger partial charge in [0.15, 0.2) is 0 Å². The number of carboxylic acid groups (broad SMARTS) is 1. The highest BCUT2D eigenvalue weighted by Crippen LogP contribution is 2.01. The fourth-order valence-corrected chi connectivity index (χ4v) is 1.23. The Kier molecular flexibility index (Phi) is 7.29. The van der Waals surface area contributed by atoms with Crippen molar-refractivity contribution < 1.29 is 19.4 Å². The normalized spacial score (nSPS) is 12.3. The molecule has 100 valence electrons. The average molecular weight is 246 g/mol. The molecule has 0 aliphatic carbocycles. The average Bonchev–Trinajstić information content (AvgIpc) is 2.25. The van der Waals surface area contributed by atoms with Gasteiger partial charge in [-0.15, -0.1) is 0 Å². The minimum atomic E-state index is -0.909. The van der Waals surface area contributed by atoms with Gasteiger partial charge in [0.1, 0.15) is 0 Å². The number of rotatable bonds is 7. The van der Waals surface area contributed by atoms with E-state index in [1.165, 1.54) is 4.90 Å². The number of carbonyl (C=O) groups is 2. The molecule has 0 heterocycles. The van der Waals surface area contributed by atoms with E-state index in [9.17, 15) is 9.59 Å². The van der Waals surface area contributed by atoms with Crippen molar-refractivity contribution in [1.82, 2.24) is 10.2 Å². The molecule has 0 saturated heterocycles. The zero-order valence-electron chi connectivity index (χ0n) is 10.9. The minimum Gasteiger partial charge on any atom is -0.481 e. The zero-order chi connectivity index (χ0) is 13.4. The predicted octanol–water partition coefficient (Wildman–Crippen LogP) is 0.916. The van der Waals surface area contributed by atoms with Crippen molar-refractivity contribution in [1.29, 1.82) is 0 Å². The summed E-state index contributed by atoms with van der Waals surface area (Å²) in [5, 5.41) is 11.3. The van der Waals surface area contributed by atoms with Crippen molar-refractivity contribution in [3.63, 3.8) is 0 Å². The second kappa shape index (κ2) is 7.89. The van der Waals surface area contributed by atoms with Crippen LogP contribution in [0.2, 0.25) is 0 Å². The first-order valence-corrected chi connectivity index (χ1v) is 5.67. The second-order valence-corrected chi connectivity index (χ2v) is 4.16. The van der Waals surface area contributed by atoms with Gasteiger partial charge in [-0.2, -0.15) is 0 Å². The number of aliphatic carboxylic acids is 1. The van der Waals surface area contributed by atoms with Crippen molar-refractivity contribution in [3.8, 4) is 0 Å². The molecule has 17 heavy (non-hydrogen) atoms. The van der Waals surface area contributed by atoms with Gasteiger partial charge in [-0.05, 0) is 20.8 Å². The van der Waals surface area contributed by atoms with E-state index in [0.717, 1.165) is 0 Å². The van der Waals surface area contributed by atoms with E-state index in [-0.39, 0.29) is 31.1 Å². The molecule has 0 aromatic rings. The third-order valence-corrected chi connectivity index (χ3v) is 2.39. The van der Waals surface area contributed by atoms with Crippen LogP contribution in [0.25, 0.3) is 0 Å². The summed E-state index contributed by atoms with van der Waals surface area (Å²) >= 11 is 0. The molecule has 0 aliphatic rings. The van der Waals surface area contributed by atoms with Gasteiger partial charge in [0, 0.05) is 26.2 Å². The monoisotopic (exact) mass is 246 g/mol. The molecule has 6 nitrogen and oxygen atoms in total. The van der Waals surface area contributed by atoms with E-state index >= 15 is 0 Å². The molecule has 0 radical (unpaired) electrons. The first kappa shape index (κ1) is 15.7. The molecule has 0 saturated carbocycles. The standard InChI is InChI=1S/C11H22N2O4/c1-8(2)13(6-5-10(14)15)11(16)12-7-9(3)17-4/h8-9H,5-7H2,1-4H3,(H,12,16)(H,14,15). The lowest BCUT2D eigenvalue weighted by Crippen LogP contribution is -2.46. The Hall–Kier alpha value is -1.30. The highest BCUT2D eigenvalue weighted by atomic mass is 16.5. The fraction of sp³-hybridized carbons (Fsp3) is 0.818. The lowest BCUT2D eigenvalue weighted by Gasteiger charge is -2.27. The summed E-state index contributed by atoms with van der Waals surface area (Å²) in [6.07, 6.45) is -0.113. The first-order chi connectivity index (χ1) is 7.88. The molecule has 1 atom stereocenters. The van der Waals surface area contributed by atoms with Gasteiger partial charge < -0.3 is 20.1 Å². The van der Waals surface area contributed by atoms with Gasteiger partial charge in [-0.25, -0.2) is 4.79 Å². The van der Waals surface area contributed by atoms with Crippen LogP contribution in [0, 0.1) is 0 Å². The summed E-state index contributed by atoms with van der Waals surface area (Å²) in [6, 6.07) is -0.294. The Morgan fingerprint density at radius 2 is 1.94 bits per heavy atom. The molecule has 0 rings (SSSR count). The quantitative estimate of drug-likeness (QED) is 0.700. The SMILES string of the molecule is COC(C)CNC(=O)N(CCC(=O)O)C(C)C. The Morgan fingerprint density at radius 1 is 1.35 bits per heavy atom. The lowest BCUT2D eigenvalue weighted by molar-refractivity contribution is -0.137. The maximum atomic E-state index is 11.8. The summed E-state index contributed by atoms with van der Waals surface area (Å²) in [7, 11) is 1.57. The number of hydrogen-bond acceptors (Lipinski definition) is 3. The topological polar surface area (TPSA) is 78.9 Å². The van der Waals surface area contributed by atoms with Crippen LogP contribution >= 0.6 is 0 Å². The number of hydrogen-bond donors (Lipinski definition) is 2. The van der Waals surface area contributed by atoms with E-state index < -0.39 is 5.97 Å². The molecule has 1 unspecified atom stereocenters. The van der Waals surface area contributed by atoms with Gasteiger partial charge >= 0.3 is 12.0 Å². The molecular weight excluding hydrogens is 224 g/mol. The fourth-order valence-electron chi connectivity index (χ4n) is 1.23. The van der Waals surface area contributed by atoms with E-state index in [2.05, 4.69) is 5.32 Å². The third-order valence-electron chi connectivity index (χ3n) is 2.39. The predicted molar refractivity (Wildman–Crippen MR) is 64.0 cm³/mol. The van der Waals surface area contributed by atoms with Crippen LogP contribution < -0.4 is 5.32 Å². The van der Waals surface area contributed by atoms with Crippen LogP contribution in [0.3, 0.4) is 0 Å². The van der Waals surface area contributed by atoms with Gasteiger partial charge in [0.25, 0.3) is 0 Å². The highest BCUT2D eigenvalue weighted by molar-refractivity contribution is 5.75. The highest BCUT2D eigenvalue weighted by Gasteiger charge is 2.17. The third kappa shape index (κ3) is 6.78. The summed E-state index contributed by atoms with van der Waals surface area (Å²) in [6.45, 7) is 6.16. The molecule has 6 heteroatoms. The van der Waals surface area contributed by atoms with Crippen molar-refractivity contribution in [2.45, 2.75) is 39.3 Å². The van der Waals surface area contributed by atoms with Gasteiger partial charge in [-0.3, -0.25) is 4.79 Å². The van der Waals surface area contributed by atoms with Crippen molar-refractivity contribution in [2.75, 3.05) is 20.2 Å². The number of carboxylic acids is 1. The van der Waals surface area contributed by atoms with Crippen LogP contribution in [-0.2, 0) is 9.53 Å². The number of methoxy groups -OCH3 is 1. The van der Waals surface area contributed by atoms with E-state index in [4.69, 9.17) is 9.84 Å². The summed E-state index contributed by atoms with van der Waals surface area (Å²) in [5.41, 5.74) is 0. The van der Waals surface area contributed by atoms with E-state index in [1.54, 1.807) is 7.11 Å². The van der Waals surface area contributed by atoms with Gasteiger partial charge in [-0.1, -0.05) is 0 Å². The Bertz CT molecular complexity index is 256. The molecule has 0 spiro atoms. The minimum absolute atomic E-state index is 0.0350. The molecule has 0 aliphatic heterocycles. The van der Waals surface area contributed by atoms with E-state index in [0.29, 0.717) is 6.54 Å². The maximum Gasteiger partial charge on any atom is 0.317 e. The van der Waals surface area contributed by atoms with Gasteiger partial charge in [0.2, 0.25) is 0 Å². The Balaban J connectivity index is 4.20. The smallest absolute Gasteiger partial charge is 0.317 e. The molecule has 2 amide bonds. The van der Waals surface area contributed by atoms with Crippen LogP contribution in [0.1, 0.15) is 27.2 Å². The summed E-state index contributed by atoms with van der Waals surface area (Å²) in [4.78, 5) is 23.8. The Labute approximate surface area is 102 Å². The number of carbonyl (C=O) groups excluding carboxylic acids is 1. The molecule has 0 aromatic heterocycles. The number of nitrogens with zero attached hydrogens (tertiary/aromatic N) is 1. The number of nitrogens with one attached hydrogen (secondary N) is 1. The van der Waals surface area contributed by atoms with Crippen molar-refractivity contribution in [3.05, 3.63) is 0 Å². The molecular formula is C11H22N2O4. The molecule has 0 aromatic carbocycles. The zero-order valence-corrected chi connectivity index (χ0v) is 10.9. The maximum absolute atomic E-state index is 11.8. The Morgan fingerprint density at radius 3 is 2.35 bits per heavy atom. The summed E-state index contributed by atoms with van der Waals surface area (Å²) in [5.74, 6) is -0.909. The first-order valence-electron chi connectivity index (χ1n) is 5.67. The summed E-state index contributed by atoms with van der Waals surface area (Å²) < 4.78 is 5.01. The number of urea groups is 1. The van der Waals surface area contributed by atoms with Crippen molar-refractivity contribution >= 4 is 12.0 Å². The van der Waals surface area contributed by atoms with Crippen molar-refractivity contribution in [2.24, 2.45) is 0 Å². The van der Waals surface area contributed by atoms with Crippen LogP contribution in [0.5, 0.6) is 0 Å². The van der Waals surface area contributed by atoms with Crippen LogP contribution in [0.15, 0.2) is 0 Å². The molecule has 0 fully saturated rings. The van der Waals surface area contributed by atoms with Crippen LogP contribution in [-0.4, -0.2) is 54.4 Å². The number of ether oxygens (including phenoxy) is 1. The second-order valence-electron chi connectivity index (χ2n) is 4.16. The van der Waals surface area contributed by atoms with Crippen LogP contribution in [0.4, 0.5) is 4.79 Å². The lowest BCUT2D eigenvalue weighted by atomic mass is 10.3. The van der Waals surface area contributed by atoms with E-state index in [1.807, 2.05) is 20.8 Å². The largest absolute Gasteiger partial charge is 0.481 e. The van der Waals surface area contributed by atoms with Gasteiger partial charge in [0.05, 0.1) is 12.5 Å². The molecule has 0 bridgehead atoms. The number of amides is 2.